The molecule has 0 spiro atoms. The van der Waals surface area contributed by atoms with E-state index in [2.05, 4.69) is 4.98 Å². The molecule has 0 radical (unpaired) electrons. The van der Waals surface area contributed by atoms with Crippen molar-refractivity contribution in [3.63, 3.8) is 0 Å². The van der Waals surface area contributed by atoms with Crippen molar-refractivity contribution in [1.82, 2.24) is 4.98 Å². The van der Waals surface area contributed by atoms with Crippen molar-refractivity contribution in [1.29, 1.82) is 0 Å². The SMILES string of the molecule is CCOC(=O)C(C)(C)c1csc(-c2ccc(Cl)c(Cl)c2)n1. The van der Waals surface area contributed by atoms with E-state index in [4.69, 9.17) is 27.9 Å². The van der Waals surface area contributed by atoms with Gasteiger partial charge in [-0.25, -0.2) is 4.98 Å². The van der Waals surface area contributed by atoms with Crippen LogP contribution in [0.4, 0.5) is 0 Å². The van der Waals surface area contributed by atoms with E-state index in [1.807, 2.05) is 11.4 Å². The third-order valence-electron chi connectivity index (χ3n) is 3.10. The van der Waals surface area contributed by atoms with Crippen LogP contribution in [0.25, 0.3) is 10.6 Å². The minimum Gasteiger partial charge on any atom is -0.465 e. The summed E-state index contributed by atoms with van der Waals surface area (Å²) in [5, 5.41) is 3.65. The molecule has 2 aromatic rings. The first-order valence-electron chi connectivity index (χ1n) is 6.45. The number of thiazole rings is 1. The molecule has 0 N–H and O–H groups in total. The normalized spacial score (nSPS) is 11.5. The summed E-state index contributed by atoms with van der Waals surface area (Å²) in [6.07, 6.45) is 0. The molecule has 112 valence electrons. The van der Waals surface area contributed by atoms with Crippen LogP contribution in [-0.2, 0) is 14.9 Å². The van der Waals surface area contributed by atoms with Crippen molar-refractivity contribution < 1.29 is 9.53 Å². The molecule has 0 saturated heterocycles. The molecular weight excluding hydrogens is 329 g/mol. The van der Waals surface area contributed by atoms with E-state index >= 15 is 0 Å². The summed E-state index contributed by atoms with van der Waals surface area (Å²) < 4.78 is 5.10. The molecule has 0 aliphatic heterocycles. The maximum absolute atomic E-state index is 12.0. The maximum atomic E-state index is 12.0. The van der Waals surface area contributed by atoms with E-state index < -0.39 is 5.41 Å². The Morgan fingerprint density at radius 3 is 2.67 bits per heavy atom. The zero-order chi connectivity index (χ0) is 15.6. The lowest BCUT2D eigenvalue weighted by Crippen LogP contribution is -2.31. The molecule has 1 aromatic carbocycles. The number of hydrogen-bond acceptors (Lipinski definition) is 4. The van der Waals surface area contributed by atoms with Crippen LogP contribution in [0.1, 0.15) is 26.5 Å². The molecule has 2 rings (SSSR count). The van der Waals surface area contributed by atoms with Gasteiger partial charge < -0.3 is 4.74 Å². The van der Waals surface area contributed by atoms with Crippen LogP contribution in [-0.4, -0.2) is 17.6 Å². The third-order valence-corrected chi connectivity index (χ3v) is 4.73. The Kier molecular flexibility index (Phi) is 4.91. The second kappa shape index (κ2) is 6.34. The van der Waals surface area contributed by atoms with Crippen LogP contribution >= 0.6 is 34.5 Å². The second-order valence-electron chi connectivity index (χ2n) is 5.01. The summed E-state index contributed by atoms with van der Waals surface area (Å²) in [6, 6.07) is 5.36. The van der Waals surface area contributed by atoms with Gasteiger partial charge in [-0.2, -0.15) is 0 Å². The Labute approximate surface area is 137 Å². The van der Waals surface area contributed by atoms with Crippen molar-refractivity contribution in [3.8, 4) is 10.6 Å². The number of benzene rings is 1. The van der Waals surface area contributed by atoms with E-state index in [-0.39, 0.29) is 5.97 Å². The van der Waals surface area contributed by atoms with E-state index in [1.54, 1.807) is 32.9 Å². The number of carbonyl (C=O) groups excluding carboxylic acids is 1. The van der Waals surface area contributed by atoms with Crippen molar-refractivity contribution in [2.75, 3.05) is 6.61 Å². The van der Waals surface area contributed by atoms with Crippen molar-refractivity contribution in [2.45, 2.75) is 26.2 Å². The van der Waals surface area contributed by atoms with Gasteiger partial charge in [-0.15, -0.1) is 11.3 Å². The fourth-order valence-electron chi connectivity index (χ4n) is 1.74. The van der Waals surface area contributed by atoms with Gasteiger partial charge in [0, 0.05) is 10.9 Å². The topological polar surface area (TPSA) is 39.2 Å². The zero-order valence-corrected chi connectivity index (χ0v) is 14.3. The summed E-state index contributed by atoms with van der Waals surface area (Å²) >= 11 is 13.4. The molecule has 0 aliphatic rings. The highest BCUT2D eigenvalue weighted by Crippen LogP contribution is 2.33. The highest BCUT2D eigenvalue weighted by Gasteiger charge is 2.34. The summed E-state index contributed by atoms with van der Waals surface area (Å²) in [5.74, 6) is -0.281. The molecule has 0 aliphatic carbocycles. The number of nitrogens with zero attached hydrogens (tertiary/aromatic N) is 1. The summed E-state index contributed by atoms with van der Waals surface area (Å²) in [5.41, 5.74) is 0.786. The summed E-state index contributed by atoms with van der Waals surface area (Å²) in [7, 11) is 0. The van der Waals surface area contributed by atoms with Gasteiger partial charge in [-0.1, -0.05) is 29.3 Å². The number of carbonyl (C=O) groups is 1. The fraction of sp³-hybridized carbons (Fsp3) is 0.333. The van der Waals surface area contributed by atoms with Crippen molar-refractivity contribution in [2.24, 2.45) is 0 Å². The minimum absolute atomic E-state index is 0.281. The lowest BCUT2D eigenvalue weighted by molar-refractivity contribution is -0.148. The van der Waals surface area contributed by atoms with Gasteiger partial charge in [0.05, 0.1) is 22.3 Å². The van der Waals surface area contributed by atoms with E-state index in [0.717, 1.165) is 10.6 Å². The Hall–Kier alpha value is -1.10. The van der Waals surface area contributed by atoms with Gasteiger partial charge >= 0.3 is 5.97 Å². The van der Waals surface area contributed by atoms with Crippen LogP contribution in [0.2, 0.25) is 10.0 Å². The second-order valence-corrected chi connectivity index (χ2v) is 6.68. The highest BCUT2D eigenvalue weighted by molar-refractivity contribution is 7.13. The molecule has 0 bridgehead atoms. The van der Waals surface area contributed by atoms with Gasteiger partial charge in [0.1, 0.15) is 10.4 Å². The molecule has 21 heavy (non-hydrogen) atoms. The van der Waals surface area contributed by atoms with Gasteiger partial charge in [0.15, 0.2) is 0 Å². The van der Waals surface area contributed by atoms with Gasteiger partial charge in [-0.05, 0) is 32.9 Å². The Morgan fingerprint density at radius 2 is 2.05 bits per heavy atom. The molecule has 1 aromatic heterocycles. The maximum Gasteiger partial charge on any atom is 0.317 e. The molecule has 0 saturated carbocycles. The Morgan fingerprint density at radius 1 is 1.33 bits per heavy atom. The quantitative estimate of drug-likeness (QED) is 0.736. The van der Waals surface area contributed by atoms with E-state index in [1.165, 1.54) is 11.3 Å². The first-order chi connectivity index (χ1) is 9.86. The van der Waals surface area contributed by atoms with Crippen molar-refractivity contribution >= 4 is 40.5 Å². The van der Waals surface area contributed by atoms with Crippen molar-refractivity contribution in [3.05, 3.63) is 39.3 Å². The number of rotatable bonds is 4. The summed E-state index contributed by atoms with van der Waals surface area (Å²) in [6.45, 7) is 5.75. The van der Waals surface area contributed by atoms with Crippen LogP contribution in [0, 0.1) is 0 Å². The van der Waals surface area contributed by atoms with Gasteiger partial charge in [0.25, 0.3) is 0 Å². The highest BCUT2D eigenvalue weighted by atomic mass is 35.5. The molecule has 3 nitrogen and oxygen atoms in total. The minimum atomic E-state index is -0.777. The van der Waals surface area contributed by atoms with Crippen LogP contribution in [0.3, 0.4) is 0 Å². The number of halogens is 2. The average molecular weight is 344 g/mol. The molecular formula is C15H15Cl2NO2S. The number of aromatic nitrogens is 1. The third kappa shape index (κ3) is 3.39. The molecule has 1 heterocycles. The predicted octanol–water partition coefficient (Wildman–Crippen LogP) is 4.96. The Balaban J connectivity index is 2.33. The monoisotopic (exact) mass is 343 g/mol. The first-order valence-corrected chi connectivity index (χ1v) is 8.08. The molecule has 6 heteroatoms. The van der Waals surface area contributed by atoms with Gasteiger partial charge in [-0.3, -0.25) is 4.79 Å². The van der Waals surface area contributed by atoms with Crippen LogP contribution in [0.15, 0.2) is 23.6 Å². The van der Waals surface area contributed by atoms with Crippen LogP contribution in [0.5, 0.6) is 0 Å². The number of ether oxygens (including phenoxy) is 1. The molecule has 0 unspecified atom stereocenters. The molecule has 0 fully saturated rings. The average Bonchev–Trinajstić information content (AvgIpc) is 2.92. The standard InChI is InChI=1S/C15H15Cl2NO2S/c1-4-20-14(19)15(2,3)12-8-21-13(18-12)9-5-6-10(16)11(17)7-9/h5-8H,4H2,1-3H3. The van der Waals surface area contributed by atoms with Gasteiger partial charge in [0.2, 0.25) is 0 Å². The lowest BCUT2D eigenvalue weighted by atomic mass is 9.90. The number of esters is 1. The van der Waals surface area contributed by atoms with Crippen LogP contribution < -0.4 is 0 Å². The van der Waals surface area contributed by atoms with E-state index in [9.17, 15) is 4.79 Å². The van der Waals surface area contributed by atoms with E-state index in [0.29, 0.717) is 22.3 Å². The molecule has 0 amide bonds. The Bertz CT molecular complexity index is 667. The summed E-state index contributed by atoms with van der Waals surface area (Å²) in [4.78, 5) is 16.6. The number of hydrogen-bond donors (Lipinski definition) is 0. The smallest absolute Gasteiger partial charge is 0.317 e. The fourth-order valence-corrected chi connectivity index (χ4v) is 3.02. The lowest BCUT2D eigenvalue weighted by Gasteiger charge is -2.19. The largest absolute Gasteiger partial charge is 0.465 e. The predicted molar refractivity (Wildman–Crippen MR) is 87.2 cm³/mol. The first kappa shape index (κ1) is 16.3. The zero-order valence-electron chi connectivity index (χ0n) is 11.9. The molecule has 0 atom stereocenters.